The highest BCUT2D eigenvalue weighted by molar-refractivity contribution is 9.10. The molecule has 543 valence electrons. The minimum absolute atomic E-state index is 0.440. The topological polar surface area (TPSA) is 47.5 Å². The Balaban J connectivity index is 0.000000134. The average molecular weight is 1530 g/mol. The van der Waals surface area contributed by atoms with Gasteiger partial charge in [-0.3, -0.25) is 0 Å². The molecule has 0 aromatic heterocycles. The summed E-state index contributed by atoms with van der Waals surface area (Å²) in [5, 5.41) is 36.8. The van der Waals surface area contributed by atoms with E-state index in [0.717, 1.165) is 55.1 Å². The maximum atomic E-state index is 9.88. The van der Waals surface area contributed by atoms with Crippen LogP contribution in [0.5, 0.6) is 0 Å². The van der Waals surface area contributed by atoms with Gasteiger partial charge in [-0.15, -0.1) is 0 Å². The average Bonchev–Trinajstić information content (AvgIpc) is 0.784. The van der Waals surface area contributed by atoms with Crippen LogP contribution in [0.25, 0.3) is 120 Å². The standard InChI is InChI=1S/C46H31N.C26H19N.C15H13BO.C12H10BrN.C5H12.BH3P/c1-2-12-38(13-3-1)47(39-26-22-32(23-27-39)36-21-20-34-19-18-33-10-4-6-14-41(33)45(34)30-36)40-28-24-35(25-29-40)46-31-37-11-5-7-15-42(37)43-16-8-9-17-44(43)46;1-2-9-21(10-3-1)27-22-16-14-19(15-17-22)26-18-20-8-4-5-11-23(20)24-12-6-7-13-25(24)26;1-16(17)15-10-11-6-2-3-7-12(11)13-8-4-5-9-14(13)15;13-10-6-8-12(9-7-10)14-11-4-2-1-3-5-11;1-3-5-4-2;1-2/h1-31H;1-18,27H;2-10,17H,1H3;1-9,14H;3-5H2,1-2H3;1H,2H2/i;;;;;1T. The fraction of sp³-hybridized carbons (Fsp3) is 0.0577. The second kappa shape index (κ2) is 37.4. The van der Waals surface area contributed by atoms with Crippen molar-refractivity contribution >= 4 is 171 Å². The molecule has 0 saturated heterocycles. The number of para-hydroxylation sites is 3. The molecule has 8 heteroatoms. The first-order valence-corrected chi connectivity index (χ1v) is 39.9. The molecule has 1 atom stereocenters. The summed E-state index contributed by atoms with van der Waals surface area (Å²) in [4.78, 5) is 2.33. The number of benzene rings is 19. The van der Waals surface area contributed by atoms with Crippen LogP contribution in [0.1, 0.15) is 33.1 Å². The first-order chi connectivity index (χ1) is 55.6. The molecule has 3 N–H and O–H groups in total. The van der Waals surface area contributed by atoms with Crippen LogP contribution in [-0.2, 0) is 0 Å². The molecule has 0 aliphatic rings. The minimum Gasteiger partial charge on any atom is -0.446 e. The van der Waals surface area contributed by atoms with Crippen LogP contribution in [0.2, 0.25) is 6.82 Å². The number of fused-ring (bicyclic) bond motifs is 12. The second-order valence-corrected chi connectivity index (χ2v) is 28.6. The van der Waals surface area contributed by atoms with E-state index in [2.05, 4.69) is 370 Å². The van der Waals surface area contributed by atoms with Gasteiger partial charge < -0.3 is 20.6 Å². The molecule has 4 nitrogen and oxygen atoms in total. The summed E-state index contributed by atoms with van der Waals surface area (Å²) in [6, 6.07) is 144. The number of nitrogens with one attached hydrogen (secondary N) is 2. The van der Waals surface area contributed by atoms with Crippen LogP contribution in [0.4, 0.5) is 39.8 Å². The fourth-order valence-electron chi connectivity index (χ4n) is 14.8. The first-order valence-electron chi connectivity index (χ1n) is 39.0. The predicted octanol–water partition coefficient (Wildman–Crippen LogP) is 29.4. The van der Waals surface area contributed by atoms with Crippen LogP contribution in [-0.4, -0.2) is 20.8 Å². The first kappa shape index (κ1) is 75.1. The van der Waals surface area contributed by atoms with Crippen molar-refractivity contribution < 1.29 is 5.02 Å². The van der Waals surface area contributed by atoms with E-state index in [0.29, 0.717) is 0 Å². The third kappa shape index (κ3) is 18.1. The van der Waals surface area contributed by atoms with Gasteiger partial charge in [0, 0.05) is 44.3 Å². The zero-order valence-corrected chi connectivity index (χ0v) is 66.0. The van der Waals surface area contributed by atoms with E-state index < -0.39 is 6.92 Å². The normalized spacial score (nSPS) is 10.8. The molecule has 1 unspecified atom stereocenters. The molecule has 0 heterocycles. The van der Waals surface area contributed by atoms with E-state index in [1.165, 1.54) is 141 Å². The van der Waals surface area contributed by atoms with Crippen molar-refractivity contribution in [1.29, 1.82) is 1.34 Å². The Morgan fingerprint density at radius 1 is 0.312 bits per heavy atom. The number of unbranched alkanes of at least 4 members (excludes halogenated alkanes) is 2. The molecule has 0 bridgehead atoms. The molecular formula is C104H88B2BrN3OP. The monoisotopic (exact) mass is 1530 g/mol. The van der Waals surface area contributed by atoms with E-state index in [1.54, 1.807) is 0 Å². The maximum Gasteiger partial charge on any atom is 0.321 e. The van der Waals surface area contributed by atoms with Gasteiger partial charge in [0.15, 0.2) is 0 Å². The smallest absolute Gasteiger partial charge is 0.321 e. The minimum atomic E-state index is -0.440. The highest BCUT2D eigenvalue weighted by atomic mass is 79.9. The lowest BCUT2D eigenvalue weighted by Gasteiger charge is -2.26. The molecule has 0 aliphatic heterocycles. The van der Waals surface area contributed by atoms with E-state index in [1.807, 2.05) is 97.8 Å². The van der Waals surface area contributed by atoms with Gasteiger partial charge in [0.2, 0.25) is 0 Å². The Kier molecular flexibility index (Phi) is 25.1. The lowest BCUT2D eigenvalue weighted by Crippen LogP contribution is -2.26. The number of hydrogen-bond acceptors (Lipinski definition) is 4. The molecule has 19 rings (SSSR count). The number of halogens is 1. The summed E-state index contributed by atoms with van der Waals surface area (Å²) in [7, 11) is 3.29. The lowest BCUT2D eigenvalue weighted by atomic mass is 9.62. The molecule has 112 heavy (non-hydrogen) atoms. The fourth-order valence-corrected chi connectivity index (χ4v) is 15.1. The van der Waals surface area contributed by atoms with E-state index in [-0.39, 0.29) is 0 Å². The number of rotatable bonds is 13. The van der Waals surface area contributed by atoms with Crippen molar-refractivity contribution in [2.45, 2.75) is 39.9 Å². The van der Waals surface area contributed by atoms with E-state index in [4.69, 9.17) is 1.34 Å². The van der Waals surface area contributed by atoms with Crippen LogP contribution < -0.4 is 21.0 Å². The number of hydrogen-bond donors (Lipinski definition) is 3. The second-order valence-electron chi connectivity index (χ2n) is 27.7. The van der Waals surface area contributed by atoms with E-state index >= 15 is 0 Å². The zero-order chi connectivity index (χ0) is 77.7. The predicted molar refractivity (Wildman–Crippen MR) is 499 cm³/mol. The van der Waals surface area contributed by atoms with Gasteiger partial charge in [-0.25, -0.2) is 0 Å². The highest BCUT2D eigenvalue weighted by Gasteiger charge is 2.17. The van der Waals surface area contributed by atoms with Gasteiger partial charge in [-0.2, -0.15) is 9.12 Å². The van der Waals surface area contributed by atoms with Gasteiger partial charge in [-0.05, 0) is 242 Å². The summed E-state index contributed by atoms with van der Waals surface area (Å²) in [5.41, 5.74) is 16.2. The van der Waals surface area contributed by atoms with Crippen molar-refractivity contribution in [2.75, 3.05) is 15.5 Å². The molecular weight excluding hydrogens is 1440 g/mol. The summed E-state index contributed by atoms with van der Waals surface area (Å²) in [6.45, 7) is 5.80. The molecule has 0 fully saturated rings. The molecule has 0 saturated carbocycles. The lowest BCUT2D eigenvalue weighted by molar-refractivity contribution is 0.594. The number of anilines is 7. The summed E-state index contributed by atoms with van der Waals surface area (Å²) in [5.74, 6) is 0. The zero-order valence-electron chi connectivity index (χ0n) is 64.3. The molecule has 0 spiro atoms. The Morgan fingerprint density at radius 3 is 1.05 bits per heavy atom. The van der Waals surface area contributed by atoms with Crippen LogP contribution >= 0.6 is 25.0 Å². The Morgan fingerprint density at radius 2 is 0.616 bits per heavy atom. The molecule has 0 aliphatic carbocycles. The van der Waals surface area contributed by atoms with Gasteiger partial charge >= 0.3 is 6.92 Å². The van der Waals surface area contributed by atoms with Crippen molar-refractivity contribution in [3.05, 3.63) is 411 Å². The van der Waals surface area contributed by atoms with E-state index in [9.17, 15) is 5.02 Å². The maximum absolute atomic E-state index is 9.88. The van der Waals surface area contributed by atoms with Crippen molar-refractivity contribution in [1.82, 2.24) is 0 Å². The third-order valence-corrected chi connectivity index (χ3v) is 20.8. The number of nitrogens with zero attached hydrogens (tertiary/aromatic N) is 1. The third-order valence-electron chi connectivity index (χ3n) is 20.3. The Hall–Kier alpha value is -12.3. The summed E-state index contributed by atoms with van der Waals surface area (Å²) < 4.78 is 7.14. The summed E-state index contributed by atoms with van der Waals surface area (Å²) in [6.07, 6.45) is 4.08. The largest absolute Gasteiger partial charge is 0.446 e. The quantitative estimate of drug-likeness (QED) is 0.0612. The van der Waals surface area contributed by atoms with Crippen molar-refractivity contribution in [3.8, 4) is 33.4 Å². The highest BCUT2D eigenvalue weighted by Crippen LogP contribution is 2.41. The van der Waals surface area contributed by atoms with Gasteiger partial charge in [0.1, 0.15) is 7.53 Å². The van der Waals surface area contributed by atoms with Gasteiger partial charge in [0.25, 0.3) is 0 Å². The molecule has 19 aromatic rings. The van der Waals surface area contributed by atoms with Crippen LogP contribution in [0, 0.1) is 0 Å². The SMILES string of the molecule is Brc1ccc(Nc2ccccc2)cc1.CB(O)c1cc2ccccc2c2ccccc12.CCCCC.[3H][B]P.c1ccc(N(c2ccc(-c3ccc4ccc5ccccc5c4c3)cc2)c2ccc(-c3cc4ccccc4c4ccccc34)cc2)cc1.c1ccc(Nc2ccc(-c3cc4ccccc4c4ccccc34)cc2)cc1. The molecule has 1 radical (unpaired) electrons. The molecule has 19 aromatic carbocycles. The van der Waals surface area contributed by atoms with Crippen LogP contribution in [0.15, 0.2) is 411 Å². The van der Waals surface area contributed by atoms with Crippen molar-refractivity contribution in [3.63, 3.8) is 0 Å². The van der Waals surface area contributed by atoms with Crippen LogP contribution in [0.3, 0.4) is 0 Å². The Labute approximate surface area is 672 Å². The van der Waals surface area contributed by atoms with Gasteiger partial charge in [-0.1, -0.05) is 347 Å². The Bertz CT molecular complexity index is 6340. The molecule has 0 amide bonds. The van der Waals surface area contributed by atoms with Crippen molar-refractivity contribution in [2.24, 2.45) is 0 Å². The van der Waals surface area contributed by atoms with Gasteiger partial charge in [0.05, 0.1) is 0 Å². The summed E-state index contributed by atoms with van der Waals surface area (Å²) >= 11 is 3.40.